The third-order valence-electron chi connectivity index (χ3n) is 3.06. The number of nitrogens with zero attached hydrogens (tertiary/aromatic N) is 1. The van der Waals surface area contributed by atoms with E-state index in [-0.39, 0.29) is 0 Å². The average molecular weight is 302 g/mol. The van der Waals surface area contributed by atoms with E-state index in [0.29, 0.717) is 11.3 Å². The van der Waals surface area contributed by atoms with Crippen molar-refractivity contribution in [1.29, 1.82) is 0 Å². The molecule has 1 heterocycles. The summed E-state index contributed by atoms with van der Waals surface area (Å²) in [5.74, 6) is -0.761. The van der Waals surface area contributed by atoms with Crippen LogP contribution < -0.4 is 16.0 Å². The van der Waals surface area contributed by atoms with Crippen molar-refractivity contribution in [2.24, 2.45) is 7.05 Å². The number of benzene rings is 1. The van der Waals surface area contributed by atoms with E-state index in [1.807, 2.05) is 4.98 Å². The Morgan fingerprint density at radius 2 is 2.09 bits per heavy atom. The van der Waals surface area contributed by atoms with E-state index in [2.05, 4.69) is 0 Å². The lowest BCUT2D eigenvalue weighted by Gasteiger charge is -2.04. The van der Waals surface area contributed by atoms with Gasteiger partial charge in [-0.3, -0.25) is 19.1 Å². The molecule has 2 N–H and O–H groups in total. The smallest absolute Gasteiger partial charge is 0.330 e. The Labute approximate surface area is 125 Å². The Balaban J connectivity index is 2.37. The van der Waals surface area contributed by atoms with Gasteiger partial charge < -0.3 is 9.84 Å². The Morgan fingerprint density at radius 3 is 2.77 bits per heavy atom. The van der Waals surface area contributed by atoms with Crippen LogP contribution >= 0.6 is 0 Å². The summed E-state index contributed by atoms with van der Waals surface area (Å²) >= 11 is 0. The Kier molecular flexibility index (Phi) is 4.26. The molecule has 7 nitrogen and oxygen atoms in total. The Bertz CT molecular complexity index is 861. The van der Waals surface area contributed by atoms with Gasteiger partial charge in [0.25, 0.3) is 5.56 Å². The molecular weight excluding hydrogens is 288 g/mol. The predicted molar refractivity (Wildman–Crippen MR) is 80.3 cm³/mol. The maximum absolute atomic E-state index is 12.1. The third kappa shape index (κ3) is 2.98. The van der Waals surface area contributed by atoms with Crippen molar-refractivity contribution in [2.45, 2.75) is 0 Å². The molecule has 2 rings (SSSR count). The van der Waals surface area contributed by atoms with E-state index in [9.17, 15) is 19.5 Å². The normalized spacial score (nSPS) is 10.8. The summed E-state index contributed by atoms with van der Waals surface area (Å²) in [6.45, 7) is 0. The molecule has 114 valence electrons. The molecule has 0 radical (unpaired) electrons. The molecule has 22 heavy (non-hydrogen) atoms. The van der Waals surface area contributed by atoms with Crippen molar-refractivity contribution >= 4 is 11.9 Å². The van der Waals surface area contributed by atoms with Crippen molar-refractivity contribution in [3.63, 3.8) is 0 Å². The Hall–Kier alpha value is -3.09. The summed E-state index contributed by atoms with van der Waals surface area (Å²) < 4.78 is 5.85. The first-order valence-corrected chi connectivity index (χ1v) is 6.32. The molecule has 7 heteroatoms. The number of carbonyl (C=O) groups excluding carboxylic acids is 1. The van der Waals surface area contributed by atoms with Crippen LogP contribution in [0.2, 0.25) is 0 Å². The quantitative estimate of drug-likeness (QED) is 0.639. The van der Waals surface area contributed by atoms with Gasteiger partial charge in [-0.15, -0.1) is 0 Å². The van der Waals surface area contributed by atoms with Gasteiger partial charge in [0.1, 0.15) is 11.3 Å². The van der Waals surface area contributed by atoms with Gasteiger partial charge in [-0.25, -0.2) is 4.79 Å². The number of aromatic hydroxyl groups is 1. The van der Waals surface area contributed by atoms with Crippen molar-refractivity contribution in [3.8, 4) is 11.6 Å². The standard InChI is InChI=1S/C15H14N2O5/c1-17-14(20)12(13(19)16-15(17)21)11(18)7-6-9-4-3-5-10(8-9)22-2/h3-8,20H,1-2H3,(H,16,19,21). The first-order chi connectivity index (χ1) is 10.4. The molecule has 0 amide bonds. The van der Waals surface area contributed by atoms with Crippen LogP contribution in [0.4, 0.5) is 0 Å². The maximum atomic E-state index is 12.1. The van der Waals surface area contributed by atoms with Gasteiger partial charge >= 0.3 is 5.69 Å². The summed E-state index contributed by atoms with van der Waals surface area (Å²) in [5, 5.41) is 9.78. The minimum absolute atomic E-state index is 0.485. The van der Waals surface area contributed by atoms with Gasteiger partial charge in [0.2, 0.25) is 5.88 Å². The minimum atomic E-state index is -0.930. The molecule has 0 saturated heterocycles. The van der Waals surface area contributed by atoms with Gasteiger partial charge in [-0.2, -0.15) is 0 Å². The van der Waals surface area contributed by atoms with Crippen molar-refractivity contribution in [1.82, 2.24) is 9.55 Å². The van der Waals surface area contributed by atoms with E-state index in [4.69, 9.17) is 4.74 Å². The van der Waals surface area contributed by atoms with E-state index in [0.717, 1.165) is 10.6 Å². The number of aromatic nitrogens is 2. The molecule has 2 aromatic rings. The monoisotopic (exact) mass is 302 g/mol. The number of methoxy groups -OCH3 is 1. The molecule has 0 atom stereocenters. The van der Waals surface area contributed by atoms with Crippen LogP contribution in [-0.4, -0.2) is 27.6 Å². The summed E-state index contributed by atoms with van der Waals surface area (Å²) in [5.41, 5.74) is -1.52. The maximum Gasteiger partial charge on any atom is 0.330 e. The molecular formula is C15H14N2O5. The first-order valence-electron chi connectivity index (χ1n) is 6.32. The lowest BCUT2D eigenvalue weighted by molar-refractivity contribution is 0.104. The number of allylic oxidation sites excluding steroid dienone is 1. The van der Waals surface area contributed by atoms with Crippen molar-refractivity contribution in [2.75, 3.05) is 7.11 Å². The fourth-order valence-corrected chi connectivity index (χ4v) is 1.83. The lowest BCUT2D eigenvalue weighted by atomic mass is 10.1. The van der Waals surface area contributed by atoms with Gasteiger partial charge in [0.05, 0.1) is 7.11 Å². The van der Waals surface area contributed by atoms with Crippen LogP contribution in [0.3, 0.4) is 0 Å². The SMILES string of the molecule is COc1cccc(C=CC(=O)c2c(O)n(C)c(=O)[nH]c2=O)c1. The van der Waals surface area contributed by atoms with E-state index >= 15 is 0 Å². The number of nitrogens with one attached hydrogen (secondary N) is 1. The van der Waals surface area contributed by atoms with Crippen LogP contribution in [0.15, 0.2) is 39.9 Å². The third-order valence-corrected chi connectivity index (χ3v) is 3.06. The number of ether oxygens (including phenoxy) is 1. The summed E-state index contributed by atoms with van der Waals surface area (Å²) in [6.07, 6.45) is 2.62. The molecule has 0 bridgehead atoms. The zero-order valence-corrected chi connectivity index (χ0v) is 12.0. The molecule has 0 aliphatic heterocycles. The van der Waals surface area contributed by atoms with Crippen LogP contribution in [0.5, 0.6) is 11.6 Å². The molecule has 0 spiro atoms. The Morgan fingerprint density at radius 1 is 1.36 bits per heavy atom. The van der Waals surface area contributed by atoms with Gasteiger partial charge in [-0.1, -0.05) is 18.2 Å². The lowest BCUT2D eigenvalue weighted by Crippen LogP contribution is -2.32. The van der Waals surface area contributed by atoms with Gasteiger partial charge in [0, 0.05) is 7.05 Å². The summed E-state index contributed by atoms with van der Waals surface area (Å²) in [7, 11) is 2.77. The molecule has 0 aliphatic carbocycles. The number of hydrogen-bond donors (Lipinski definition) is 2. The molecule has 0 aliphatic rings. The number of aromatic amines is 1. The average Bonchev–Trinajstić information content (AvgIpc) is 2.51. The highest BCUT2D eigenvalue weighted by Crippen LogP contribution is 2.15. The fourth-order valence-electron chi connectivity index (χ4n) is 1.83. The first kappa shape index (κ1) is 15.3. The number of H-pyrrole nitrogens is 1. The largest absolute Gasteiger partial charge is 0.497 e. The van der Waals surface area contributed by atoms with Crippen molar-refractivity contribution in [3.05, 3.63) is 62.3 Å². The van der Waals surface area contributed by atoms with E-state index in [1.54, 1.807) is 24.3 Å². The minimum Gasteiger partial charge on any atom is -0.497 e. The highest BCUT2D eigenvalue weighted by atomic mass is 16.5. The second-order valence-electron chi connectivity index (χ2n) is 4.49. The summed E-state index contributed by atoms with van der Waals surface area (Å²) in [6, 6.07) is 6.95. The second-order valence-corrected chi connectivity index (χ2v) is 4.49. The fraction of sp³-hybridized carbons (Fsp3) is 0.133. The molecule has 1 aromatic heterocycles. The second kappa shape index (κ2) is 6.13. The number of hydrogen-bond acceptors (Lipinski definition) is 5. The van der Waals surface area contributed by atoms with Gasteiger partial charge in [0.15, 0.2) is 5.78 Å². The van der Waals surface area contributed by atoms with E-state index < -0.39 is 28.5 Å². The highest BCUT2D eigenvalue weighted by molar-refractivity contribution is 6.08. The predicted octanol–water partition coefficient (Wildman–Crippen LogP) is 0.684. The topological polar surface area (TPSA) is 101 Å². The molecule has 0 fully saturated rings. The number of rotatable bonds is 4. The van der Waals surface area contributed by atoms with Gasteiger partial charge in [-0.05, 0) is 23.8 Å². The van der Waals surface area contributed by atoms with Crippen LogP contribution in [-0.2, 0) is 7.05 Å². The zero-order valence-electron chi connectivity index (χ0n) is 12.0. The van der Waals surface area contributed by atoms with Crippen LogP contribution in [0.1, 0.15) is 15.9 Å². The number of carbonyl (C=O) groups is 1. The number of ketones is 1. The highest BCUT2D eigenvalue weighted by Gasteiger charge is 2.17. The molecule has 0 saturated carbocycles. The summed E-state index contributed by atoms with van der Waals surface area (Å²) in [4.78, 5) is 37.0. The molecule has 0 unspecified atom stereocenters. The van der Waals surface area contributed by atoms with E-state index in [1.165, 1.54) is 20.2 Å². The molecule has 1 aromatic carbocycles. The van der Waals surface area contributed by atoms with Crippen LogP contribution in [0, 0.1) is 0 Å². The van der Waals surface area contributed by atoms with Crippen molar-refractivity contribution < 1.29 is 14.6 Å². The van der Waals surface area contributed by atoms with Crippen LogP contribution in [0.25, 0.3) is 6.08 Å². The zero-order chi connectivity index (χ0) is 16.3.